The maximum absolute atomic E-state index is 13.3. The third kappa shape index (κ3) is 4.13. The first-order valence-corrected chi connectivity index (χ1v) is 9.27. The van der Waals surface area contributed by atoms with Gasteiger partial charge in [-0.1, -0.05) is 0 Å². The Bertz CT molecular complexity index is 1220. The van der Waals surface area contributed by atoms with Gasteiger partial charge in [0, 0.05) is 17.8 Å². The van der Waals surface area contributed by atoms with Gasteiger partial charge in [-0.25, -0.2) is 24.7 Å². The third-order valence-corrected chi connectivity index (χ3v) is 4.92. The number of nitrogens with zero attached hydrogens (tertiary/aromatic N) is 6. The van der Waals surface area contributed by atoms with Crippen LogP contribution in [0.4, 0.5) is 30.5 Å². The molecule has 12 heteroatoms. The van der Waals surface area contributed by atoms with Crippen molar-refractivity contribution >= 4 is 23.3 Å². The fourth-order valence-corrected chi connectivity index (χ4v) is 3.37. The number of benzene rings is 1. The summed E-state index contributed by atoms with van der Waals surface area (Å²) in [5.74, 6) is -0.442. The minimum atomic E-state index is -4.63. The number of nitriles is 1. The fourth-order valence-electron chi connectivity index (χ4n) is 3.37. The summed E-state index contributed by atoms with van der Waals surface area (Å²) in [5, 5.41) is 20.9. The van der Waals surface area contributed by atoms with E-state index in [2.05, 4.69) is 25.3 Å². The molecule has 0 aliphatic carbocycles. The van der Waals surface area contributed by atoms with E-state index in [1.807, 2.05) is 0 Å². The van der Waals surface area contributed by atoms with Crippen molar-refractivity contribution in [2.45, 2.75) is 19.1 Å². The highest BCUT2D eigenvalue weighted by molar-refractivity contribution is 5.85. The maximum atomic E-state index is 13.3. The second-order valence-corrected chi connectivity index (χ2v) is 6.88. The van der Waals surface area contributed by atoms with Crippen LogP contribution in [0.3, 0.4) is 0 Å². The lowest BCUT2D eigenvalue weighted by atomic mass is 10.0. The highest BCUT2D eigenvalue weighted by Crippen LogP contribution is 2.36. The molecule has 0 amide bonds. The Morgan fingerprint density at radius 2 is 2.00 bits per heavy atom. The number of fused-ring (bicyclic) bond motifs is 1. The number of carboxylic acid groups (broad SMARTS) is 1. The van der Waals surface area contributed by atoms with E-state index in [1.165, 1.54) is 24.7 Å². The summed E-state index contributed by atoms with van der Waals surface area (Å²) in [6, 6.07) is 5.20. The number of nitrogens with one attached hydrogen (secondary N) is 1. The van der Waals surface area contributed by atoms with Crippen LogP contribution in [0, 0.1) is 11.3 Å². The van der Waals surface area contributed by atoms with Crippen LogP contribution in [-0.2, 0) is 19.1 Å². The number of alkyl halides is 3. The van der Waals surface area contributed by atoms with Gasteiger partial charge >= 0.3 is 12.1 Å². The van der Waals surface area contributed by atoms with Gasteiger partial charge in [0.25, 0.3) is 0 Å². The number of aromatic nitrogens is 4. The number of aromatic carboxylic acids is 1. The van der Waals surface area contributed by atoms with E-state index in [0.29, 0.717) is 36.0 Å². The normalized spacial score (nSPS) is 13.2. The molecule has 162 valence electrons. The van der Waals surface area contributed by atoms with Gasteiger partial charge in [0.2, 0.25) is 0 Å². The van der Waals surface area contributed by atoms with Crippen LogP contribution in [0.15, 0.2) is 36.9 Å². The van der Waals surface area contributed by atoms with Gasteiger partial charge < -0.3 is 15.3 Å². The number of anilines is 3. The van der Waals surface area contributed by atoms with E-state index in [0.717, 1.165) is 17.8 Å². The lowest BCUT2D eigenvalue weighted by Gasteiger charge is -2.31. The Morgan fingerprint density at radius 3 is 2.66 bits per heavy atom. The molecule has 1 aliphatic heterocycles. The number of hydrogen-bond donors (Lipinski definition) is 2. The molecular weight excluding hydrogens is 427 g/mol. The summed E-state index contributed by atoms with van der Waals surface area (Å²) in [7, 11) is 0. The molecule has 3 heterocycles. The highest BCUT2D eigenvalue weighted by Gasteiger charge is 2.34. The number of hydrogen-bond acceptors (Lipinski definition) is 8. The van der Waals surface area contributed by atoms with Crippen molar-refractivity contribution in [1.82, 2.24) is 19.9 Å². The van der Waals surface area contributed by atoms with E-state index in [4.69, 9.17) is 10.4 Å². The van der Waals surface area contributed by atoms with Crippen molar-refractivity contribution < 1.29 is 23.1 Å². The van der Waals surface area contributed by atoms with Gasteiger partial charge in [0.1, 0.15) is 18.0 Å². The topological polar surface area (TPSA) is 128 Å². The first kappa shape index (κ1) is 21.0. The van der Waals surface area contributed by atoms with E-state index in [1.54, 1.807) is 11.0 Å². The minimum Gasteiger partial charge on any atom is -0.476 e. The standard InChI is InChI=1S/C20H14F3N7O2/c21-20(22,23)14-5-12(2-1-11(14)6-24)30-4-3-13-16(9-30)27-10-28-18(13)29-17-8-25-15(7-26-17)19(31)32/h1-2,5,7-8,10H,3-4,9H2,(H,31,32)(H,26,27,28,29). The summed E-state index contributed by atoms with van der Waals surface area (Å²) >= 11 is 0. The van der Waals surface area contributed by atoms with Gasteiger partial charge in [-0.3, -0.25) is 0 Å². The molecule has 3 aromatic rings. The zero-order valence-corrected chi connectivity index (χ0v) is 16.3. The Balaban J connectivity index is 1.58. The zero-order valence-electron chi connectivity index (χ0n) is 16.3. The minimum absolute atomic E-state index is 0.198. The van der Waals surface area contributed by atoms with Crippen LogP contribution in [0.1, 0.15) is 32.9 Å². The number of rotatable bonds is 4. The lowest BCUT2D eigenvalue weighted by molar-refractivity contribution is -0.137. The van der Waals surface area contributed by atoms with Gasteiger partial charge in [0.05, 0.1) is 41.8 Å². The molecule has 0 atom stereocenters. The van der Waals surface area contributed by atoms with Crippen LogP contribution in [0.5, 0.6) is 0 Å². The van der Waals surface area contributed by atoms with Crippen molar-refractivity contribution in [1.29, 1.82) is 5.26 Å². The van der Waals surface area contributed by atoms with E-state index >= 15 is 0 Å². The largest absolute Gasteiger partial charge is 0.476 e. The molecule has 0 unspecified atom stereocenters. The Morgan fingerprint density at radius 1 is 1.19 bits per heavy atom. The average molecular weight is 441 g/mol. The predicted molar refractivity (Wildman–Crippen MR) is 105 cm³/mol. The van der Waals surface area contributed by atoms with Crippen molar-refractivity contribution in [2.75, 3.05) is 16.8 Å². The van der Waals surface area contributed by atoms with Gasteiger partial charge in [-0.15, -0.1) is 0 Å². The Kier molecular flexibility index (Phi) is 5.31. The van der Waals surface area contributed by atoms with Crippen molar-refractivity contribution in [3.63, 3.8) is 0 Å². The molecule has 4 rings (SSSR count). The lowest BCUT2D eigenvalue weighted by Crippen LogP contribution is -2.32. The molecule has 1 aliphatic rings. The number of halogens is 3. The monoisotopic (exact) mass is 441 g/mol. The average Bonchev–Trinajstić information content (AvgIpc) is 2.78. The van der Waals surface area contributed by atoms with Crippen LogP contribution >= 0.6 is 0 Å². The Hall–Kier alpha value is -4.27. The van der Waals surface area contributed by atoms with E-state index < -0.39 is 23.3 Å². The molecule has 0 spiro atoms. The van der Waals surface area contributed by atoms with Crippen molar-refractivity contribution in [3.05, 3.63) is 65.0 Å². The smallest absolute Gasteiger partial charge is 0.417 e. The molecule has 9 nitrogen and oxygen atoms in total. The molecular formula is C20H14F3N7O2. The molecule has 1 aromatic carbocycles. The number of carbonyl (C=O) groups is 1. The first-order chi connectivity index (χ1) is 15.3. The molecule has 0 bridgehead atoms. The quantitative estimate of drug-likeness (QED) is 0.627. The third-order valence-electron chi connectivity index (χ3n) is 4.92. The summed E-state index contributed by atoms with van der Waals surface area (Å²) in [6.07, 6.45) is -0.485. The second-order valence-electron chi connectivity index (χ2n) is 6.88. The number of carboxylic acids is 1. The summed E-state index contributed by atoms with van der Waals surface area (Å²) in [4.78, 5) is 28.9. The van der Waals surface area contributed by atoms with Gasteiger partial charge in [-0.2, -0.15) is 18.4 Å². The fraction of sp³-hybridized carbons (Fsp3) is 0.200. The molecule has 0 radical (unpaired) electrons. The van der Waals surface area contributed by atoms with Crippen molar-refractivity contribution in [3.8, 4) is 6.07 Å². The second kappa shape index (κ2) is 8.10. The zero-order chi connectivity index (χ0) is 22.9. The molecule has 0 fully saturated rings. The van der Waals surface area contributed by atoms with E-state index in [9.17, 15) is 18.0 Å². The molecule has 0 saturated heterocycles. The molecule has 32 heavy (non-hydrogen) atoms. The first-order valence-electron chi connectivity index (χ1n) is 9.27. The van der Waals surface area contributed by atoms with E-state index in [-0.39, 0.29) is 12.2 Å². The summed E-state index contributed by atoms with van der Waals surface area (Å²) in [5.41, 5.74) is 0.139. The van der Waals surface area contributed by atoms with Crippen LogP contribution < -0.4 is 10.2 Å². The predicted octanol–water partition coefficient (Wildman–Crippen LogP) is 3.16. The Labute approximate surface area is 179 Å². The van der Waals surface area contributed by atoms with Crippen molar-refractivity contribution in [2.24, 2.45) is 0 Å². The summed E-state index contributed by atoms with van der Waals surface area (Å²) < 4.78 is 39.9. The van der Waals surface area contributed by atoms with Gasteiger partial charge in [0.15, 0.2) is 5.69 Å². The summed E-state index contributed by atoms with van der Waals surface area (Å²) in [6.45, 7) is 0.654. The highest BCUT2D eigenvalue weighted by atomic mass is 19.4. The molecule has 0 saturated carbocycles. The van der Waals surface area contributed by atoms with Crippen LogP contribution in [0.25, 0.3) is 0 Å². The van der Waals surface area contributed by atoms with Crippen LogP contribution in [-0.4, -0.2) is 37.6 Å². The van der Waals surface area contributed by atoms with Gasteiger partial charge in [-0.05, 0) is 24.6 Å². The molecule has 2 aromatic heterocycles. The maximum Gasteiger partial charge on any atom is 0.417 e. The molecule has 2 N–H and O–H groups in total. The van der Waals surface area contributed by atoms with Crippen LogP contribution in [0.2, 0.25) is 0 Å². The SMILES string of the molecule is N#Cc1ccc(N2CCc3c(ncnc3Nc3cnc(C(=O)O)cn3)C2)cc1C(F)(F)F.